The van der Waals surface area contributed by atoms with Gasteiger partial charge in [0.25, 0.3) is 0 Å². The third-order valence-corrected chi connectivity index (χ3v) is 4.51. The predicted molar refractivity (Wildman–Crippen MR) is 83.9 cm³/mol. The first-order valence-electron chi connectivity index (χ1n) is 8.04. The van der Waals surface area contributed by atoms with Crippen molar-refractivity contribution in [3.05, 3.63) is 22.8 Å². The maximum Gasteiger partial charge on any atom is 0.131 e. The van der Waals surface area contributed by atoms with Gasteiger partial charge >= 0.3 is 0 Å². The lowest BCUT2D eigenvalue weighted by Gasteiger charge is -2.26. The minimum atomic E-state index is 0.494. The number of hydrogen-bond acceptors (Lipinski definition) is 3. The van der Waals surface area contributed by atoms with Gasteiger partial charge in [-0.1, -0.05) is 33.6 Å². The molecule has 1 aromatic heterocycles. The van der Waals surface area contributed by atoms with Crippen LogP contribution in [0.5, 0.6) is 0 Å². The zero-order chi connectivity index (χ0) is 14.7. The normalized spacial score (nSPS) is 23.3. The van der Waals surface area contributed by atoms with Gasteiger partial charge in [-0.2, -0.15) is 0 Å². The Balaban J connectivity index is 2.13. The van der Waals surface area contributed by atoms with Gasteiger partial charge in [0.1, 0.15) is 5.82 Å². The number of nitrogens with one attached hydrogen (secondary N) is 1. The van der Waals surface area contributed by atoms with Crippen LogP contribution < -0.4 is 5.32 Å². The molecule has 20 heavy (non-hydrogen) atoms. The molecule has 1 fully saturated rings. The summed E-state index contributed by atoms with van der Waals surface area (Å²) in [6, 6.07) is 0.494. The Morgan fingerprint density at radius 2 is 1.60 bits per heavy atom. The van der Waals surface area contributed by atoms with Crippen LogP contribution in [0, 0.1) is 19.8 Å². The molecule has 3 nitrogen and oxygen atoms in total. The van der Waals surface area contributed by atoms with Crippen LogP contribution in [0.3, 0.4) is 0 Å². The Morgan fingerprint density at radius 1 is 1.05 bits per heavy atom. The van der Waals surface area contributed by atoms with Crippen LogP contribution in [0.25, 0.3) is 0 Å². The molecule has 3 heteroatoms. The second kappa shape index (κ2) is 6.66. The molecule has 2 rings (SSSR count). The largest absolute Gasteiger partial charge is 0.310 e. The summed E-state index contributed by atoms with van der Waals surface area (Å²) in [6.07, 6.45) is 5.15. The van der Waals surface area contributed by atoms with Crippen molar-refractivity contribution in [1.29, 1.82) is 0 Å². The molecule has 1 saturated carbocycles. The second-order valence-electron chi connectivity index (χ2n) is 6.72. The summed E-state index contributed by atoms with van der Waals surface area (Å²) < 4.78 is 0. The molecule has 1 aromatic rings. The van der Waals surface area contributed by atoms with E-state index in [1.165, 1.54) is 31.2 Å². The summed E-state index contributed by atoms with van der Waals surface area (Å²) in [5.41, 5.74) is 3.57. The average Bonchev–Trinajstić information content (AvgIpc) is 2.38. The Bertz CT molecular complexity index is 423. The number of rotatable bonds is 4. The van der Waals surface area contributed by atoms with Gasteiger partial charge in [0.05, 0.1) is 0 Å². The van der Waals surface area contributed by atoms with Crippen LogP contribution >= 0.6 is 0 Å². The van der Waals surface area contributed by atoms with Crippen LogP contribution in [0.4, 0.5) is 0 Å². The standard InChI is InChI=1S/C17H29N3/c1-11(2)18-10-16-13(4)19-17(20-14(16)5)15-8-6-12(3)7-9-15/h11-12,15,18H,6-10H2,1-5H3. The van der Waals surface area contributed by atoms with Gasteiger partial charge in [-0.05, 0) is 32.6 Å². The number of nitrogens with zero attached hydrogens (tertiary/aromatic N) is 2. The number of hydrogen-bond donors (Lipinski definition) is 1. The van der Waals surface area contributed by atoms with Crippen molar-refractivity contribution in [1.82, 2.24) is 15.3 Å². The van der Waals surface area contributed by atoms with Crippen LogP contribution in [0.1, 0.15) is 75.1 Å². The highest BCUT2D eigenvalue weighted by Crippen LogP contribution is 2.34. The van der Waals surface area contributed by atoms with E-state index in [0.29, 0.717) is 12.0 Å². The fourth-order valence-corrected chi connectivity index (χ4v) is 3.03. The molecule has 1 heterocycles. The van der Waals surface area contributed by atoms with E-state index in [0.717, 1.165) is 29.7 Å². The molecule has 0 aliphatic heterocycles. The molecule has 0 atom stereocenters. The molecular weight excluding hydrogens is 246 g/mol. The lowest BCUT2D eigenvalue weighted by Crippen LogP contribution is -2.24. The summed E-state index contributed by atoms with van der Waals surface area (Å²) in [5, 5.41) is 3.47. The molecule has 0 unspecified atom stereocenters. The van der Waals surface area contributed by atoms with E-state index in [2.05, 4.69) is 39.9 Å². The van der Waals surface area contributed by atoms with Crippen LogP contribution in [0.2, 0.25) is 0 Å². The van der Waals surface area contributed by atoms with Gasteiger partial charge in [0.2, 0.25) is 0 Å². The molecule has 1 aliphatic rings. The Morgan fingerprint density at radius 3 is 2.10 bits per heavy atom. The topological polar surface area (TPSA) is 37.8 Å². The molecule has 0 amide bonds. The fraction of sp³-hybridized carbons (Fsp3) is 0.765. The molecule has 0 bridgehead atoms. The van der Waals surface area contributed by atoms with Gasteiger partial charge in [0, 0.05) is 35.5 Å². The first kappa shape index (κ1) is 15.4. The van der Waals surface area contributed by atoms with Crippen LogP contribution in [0.15, 0.2) is 0 Å². The number of aromatic nitrogens is 2. The van der Waals surface area contributed by atoms with Crippen molar-refractivity contribution in [2.75, 3.05) is 0 Å². The van der Waals surface area contributed by atoms with Crippen molar-refractivity contribution < 1.29 is 0 Å². The fourth-order valence-electron chi connectivity index (χ4n) is 3.03. The Kier molecular flexibility index (Phi) is 5.14. The number of aryl methyl sites for hydroxylation is 2. The molecule has 112 valence electrons. The van der Waals surface area contributed by atoms with Crippen LogP contribution in [-0.2, 0) is 6.54 Å². The zero-order valence-electron chi connectivity index (χ0n) is 13.7. The Labute approximate surface area is 123 Å². The third kappa shape index (κ3) is 3.78. The summed E-state index contributed by atoms with van der Waals surface area (Å²) >= 11 is 0. The lowest BCUT2D eigenvalue weighted by atomic mass is 9.82. The third-order valence-electron chi connectivity index (χ3n) is 4.51. The van der Waals surface area contributed by atoms with E-state index >= 15 is 0 Å². The lowest BCUT2D eigenvalue weighted by molar-refractivity contribution is 0.339. The van der Waals surface area contributed by atoms with Gasteiger partial charge in [-0.3, -0.25) is 0 Å². The molecule has 0 spiro atoms. The molecule has 0 saturated heterocycles. The van der Waals surface area contributed by atoms with Crippen molar-refractivity contribution in [3.8, 4) is 0 Å². The SMILES string of the molecule is Cc1nc(C2CCC(C)CC2)nc(C)c1CNC(C)C. The van der Waals surface area contributed by atoms with E-state index in [9.17, 15) is 0 Å². The smallest absolute Gasteiger partial charge is 0.131 e. The minimum Gasteiger partial charge on any atom is -0.310 e. The monoisotopic (exact) mass is 275 g/mol. The second-order valence-corrected chi connectivity index (χ2v) is 6.72. The first-order valence-corrected chi connectivity index (χ1v) is 8.04. The maximum absolute atomic E-state index is 4.81. The van der Waals surface area contributed by atoms with E-state index in [4.69, 9.17) is 9.97 Å². The summed E-state index contributed by atoms with van der Waals surface area (Å²) in [5.74, 6) is 2.54. The van der Waals surface area contributed by atoms with Gasteiger partial charge in [-0.25, -0.2) is 9.97 Å². The maximum atomic E-state index is 4.81. The van der Waals surface area contributed by atoms with Crippen molar-refractivity contribution in [2.24, 2.45) is 5.92 Å². The van der Waals surface area contributed by atoms with Crippen molar-refractivity contribution in [3.63, 3.8) is 0 Å². The predicted octanol–water partition coefficient (Wildman–Crippen LogP) is 3.89. The zero-order valence-corrected chi connectivity index (χ0v) is 13.7. The quantitative estimate of drug-likeness (QED) is 0.906. The highest BCUT2D eigenvalue weighted by Gasteiger charge is 2.23. The van der Waals surface area contributed by atoms with E-state index < -0.39 is 0 Å². The average molecular weight is 275 g/mol. The molecule has 0 radical (unpaired) electrons. The molecule has 0 aromatic carbocycles. The first-order chi connectivity index (χ1) is 9.47. The highest BCUT2D eigenvalue weighted by atomic mass is 14.9. The van der Waals surface area contributed by atoms with Crippen LogP contribution in [-0.4, -0.2) is 16.0 Å². The van der Waals surface area contributed by atoms with Crippen molar-refractivity contribution in [2.45, 2.75) is 78.8 Å². The van der Waals surface area contributed by atoms with Gasteiger partial charge < -0.3 is 5.32 Å². The van der Waals surface area contributed by atoms with E-state index in [1.807, 2.05) is 0 Å². The Hall–Kier alpha value is -0.960. The van der Waals surface area contributed by atoms with Gasteiger partial charge in [-0.15, -0.1) is 0 Å². The molecular formula is C17H29N3. The summed E-state index contributed by atoms with van der Waals surface area (Å²) in [7, 11) is 0. The van der Waals surface area contributed by atoms with Gasteiger partial charge in [0.15, 0.2) is 0 Å². The highest BCUT2D eigenvalue weighted by molar-refractivity contribution is 5.25. The van der Waals surface area contributed by atoms with E-state index in [1.54, 1.807) is 0 Å². The van der Waals surface area contributed by atoms with Crippen molar-refractivity contribution >= 4 is 0 Å². The van der Waals surface area contributed by atoms with E-state index in [-0.39, 0.29) is 0 Å². The minimum absolute atomic E-state index is 0.494. The molecule has 1 aliphatic carbocycles. The summed E-state index contributed by atoms with van der Waals surface area (Å²) in [4.78, 5) is 9.62. The summed E-state index contributed by atoms with van der Waals surface area (Å²) in [6.45, 7) is 11.8. The molecule has 1 N–H and O–H groups in total.